The largest absolute Gasteiger partial charge is 0.312 e. The Morgan fingerprint density at radius 2 is 1.90 bits per heavy atom. The van der Waals surface area contributed by atoms with Crippen LogP contribution < -0.4 is 0 Å². The monoisotopic (exact) mass is 322 g/mol. The molecular formula is C15H16Cl2N4. The van der Waals surface area contributed by atoms with Gasteiger partial charge in [0.05, 0.1) is 11.6 Å². The van der Waals surface area contributed by atoms with Crippen molar-refractivity contribution in [3.05, 3.63) is 46.4 Å². The molecule has 0 amide bonds. The lowest BCUT2D eigenvalue weighted by Crippen LogP contribution is -2.08. The second kappa shape index (κ2) is 5.70. The number of halogens is 2. The third-order valence-corrected chi connectivity index (χ3v) is 4.12. The van der Waals surface area contributed by atoms with Crippen LogP contribution in [0, 0.1) is 6.92 Å². The maximum Gasteiger partial charge on any atom is 0.158 e. The first kappa shape index (κ1) is 14.4. The molecular weight excluding hydrogens is 307 g/mol. The maximum absolute atomic E-state index is 6.04. The Hall–Kier alpha value is -1.52. The fraction of sp³-hybridized carbons (Fsp3) is 0.333. The Kier molecular flexibility index (Phi) is 3.91. The maximum atomic E-state index is 6.04. The van der Waals surface area contributed by atoms with Crippen LogP contribution in [0.3, 0.4) is 0 Å². The van der Waals surface area contributed by atoms with Crippen molar-refractivity contribution in [2.45, 2.75) is 25.8 Å². The van der Waals surface area contributed by atoms with Crippen molar-refractivity contribution in [2.24, 2.45) is 7.05 Å². The van der Waals surface area contributed by atoms with Gasteiger partial charge in [-0.3, -0.25) is 4.68 Å². The number of benzene rings is 1. The van der Waals surface area contributed by atoms with E-state index in [1.165, 1.54) is 5.56 Å². The number of aromatic nitrogens is 4. The van der Waals surface area contributed by atoms with Crippen molar-refractivity contribution in [2.75, 3.05) is 0 Å². The summed E-state index contributed by atoms with van der Waals surface area (Å²) in [7, 11) is 1.94. The number of hydrogen-bond acceptors (Lipinski definition) is 2. The lowest BCUT2D eigenvalue weighted by atomic mass is 10.1. The van der Waals surface area contributed by atoms with Gasteiger partial charge in [0.25, 0.3) is 0 Å². The summed E-state index contributed by atoms with van der Waals surface area (Å²) in [6.45, 7) is 2.79. The van der Waals surface area contributed by atoms with Crippen molar-refractivity contribution < 1.29 is 0 Å². The molecule has 1 aromatic carbocycles. The molecule has 2 heterocycles. The predicted octanol–water partition coefficient (Wildman–Crippen LogP) is 3.71. The normalized spacial score (nSPS) is 11.4. The second-order valence-corrected chi connectivity index (χ2v) is 5.77. The van der Waals surface area contributed by atoms with Crippen LogP contribution >= 0.6 is 23.2 Å². The van der Waals surface area contributed by atoms with E-state index >= 15 is 0 Å². The Bertz CT molecular complexity index is 771. The SMILES string of the molecule is Cc1nn(C)c2c1nc(CCl)n2CCc1ccc(Cl)cc1. The third-order valence-electron chi connectivity index (χ3n) is 3.63. The first-order valence-electron chi connectivity index (χ1n) is 6.79. The van der Waals surface area contributed by atoms with E-state index in [0.717, 1.165) is 40.7 Å². The zero-order chi connectivity index (χ0) is 15.0. The van der Waals surface area contributed by atoms with Gasteiger partial charge in [-0.2, -0.15) is 5.10 Å². The van der Waals surface area contributed by atoms with E-state index in [2.05, 4.69) is 14.6 Å². The van der Waals surface area contributed by atoms with Gasteiger partial charge in [0.1, 0.15) is 11.3 Å². The topological polar surface area (TPSA) is 35.6 Å². The zero-order valence-corrected chi connectivity index (χ0v) is 13.5. The molecule has 0 saturated heterocycles. The quantitative estimate of drug-likeness (QED) is 0.686. The average Bonchev–Trinajstić information content (AvgIpc) is 2.97. The molecule has 0 atom stereocenters. The summed E-state index contributed by atoms with van der Waals surface area (Å²) in [6, 6.07) is 7.92. The Morgan fingerprint density at radius 3 is 2.57 bits per heavy atom. The highest BCUT2D eigenvalue weighted by atomic mass is 35.5. The van der Waals surface area contributed by atoms with E-state index in [9.17, 15) is 0 Å². The summed E-state index contributed by atoms with van der Waals surface area (Å²) in [5, 5.41) is 5.18. The summed E-state index contributed by atoms with van der Waals surface area (Å²) in [4.78, 5) is 4.60. The minimum Gasteiger partial charge on any atom is -0.312 e. The number of alkyl halides is 1. The molecule has 21 heavy (non-hydrogen) atoms. The number of imidazole rings is 1. The highest BCUT2D eigenvalue weighted by Crippen LogP contribution is 2.21. The standard InChI is InChI=1S/C15H16Cl2N4/c1-10-14-15(20(2)19-10)21(13(9-16)18-14)8-7-11-3-5-12(17)6-4-11/h3-6H,7-9H2,1-2H3. The van der Waals surface area contributed by atoms with Gasteiger partial charge in [0.2, 0.25) is 0 Å². The van der Waals surface area contributed by atoms with E-state index in [4.69, 9.17) is 23.2 Å². The lowest BCUT2D eigenvalue weighted by Gasteiger charge is -2.08. The molecule has 0 aliphatic rings. The average molecular weight is 323 g/mol. The Balaban J connectivity index is 1.93. The molecule has 4 nitrogen and oxygen atoms in total. The van der Waals surface area contributed by atoms with Gasteiger partial charge < -0.3 is 4.57 Å². The van der Waals surface area contributed by atoms with Crippen molar-refractivity contribution >= 4 is 34.4 Å². The van der Waals surface area contributed by atoms with E-state index in [0.29, 0.717) is 5.88 Å². The van der Waals surface area contributed by atoms with Crippen molar-refractivity contribution in [1.29, 1.82) is 0 Å². The van der Waals surface area contributed by atoms with Crippen molar-refractivity contribution in [3.8, 4) is 0 Å². The second-order valence-electron chi connectivity index (χ2n) is 5.07. The van der Waals surface area contributed by atoms with E-state index in [1.54, 1.807) is 0 Å². The summed E-state index contributed by atoms with van der Waals surface area (Å²) < 4.78 is 4.02. The predicted molar refractivity (Wildman–Crippen MR) is 85.9 cm³/mol. The van der Waals surface area contributed by atoms with Crippen LogP contribution in [0.15, 0.2) is 24.3 Å². The number of aryl methyl sites for hydroxylation is 4. The molecule has 0 N–H and O–H groups in total. The lowest BCUT2D eigenvalue weighted by molar-refractivity contribution is 0.651. The molecule has 2 aromatic heterocycles. The minimum atomic E-state index is 0.398. The van der Waals surface area contributed by atoms with Gasteiger partial charge in [0, 0.05) is 18.6 Å². The van der Waals surface area contributed by atoms with E-state index in [1.807, 2.05) is 42.9 Å². The van der Waals surface area contributed by atoms with E-state index < -0.39 is 0 Å². The fourth-order valence-corrected chi connectivity index (χ4v) is 2.94. The molecule has 0 spiro atoms. The Labute approximate surface area is 133 Å². The van der Waals surface area contributed by atoms with Gasteiger partial charge in [-0.15, -0.1) is 11.6 Å². The first-order chi connectivity index (χ1) is 10.1. The zero-order valence-electron chi connectivity index (χ0n) is 12.0. The minimum absolute atomic E-state index is 0.398. The fourth-order valence-electron chi connectivity index (χ4n) is 2.61. The van der Waals surface area contributed by atoms with Crippen molar-refractivity contribution in [3.63, 3.8) is 0 Å². The highest BCUT2D eigenvalue weighted by molar-refractivity contribution is 6.30. The molecule has 0 radical (unpaired) electrons. The summed E-state index contributed by atoms with van der Waals surface area (Å²) in [5.41, 5.74) is 4.13. The third kappa shape index (κ3) is 2.65. The number of nitrogens with zero attached hydrogens (tertiary/aromatic N) is 4. The van der Waals surface area contributed by atoms with Gasteiger partial charge >= 0.3 is 0 Å². The summed E-state index contributed by atoms with van der Waals surface area (Å²) >= 11 is 12.0. The molecule has 6 heteroatoms. The molecule has 0 unspecified atom stereocenters. The molecule has 3 rings (SSSR count). The number of hydrogen-bond donors (Lipinski definition) is 0. The van der Waals surface area contributed by atoms with Crippen LogP contribution in [0.1, 0.15) is 17.1 Å². The number of rotatable bonds is 4. The van der Waals surface area contributed by atoms with Gasteiger partial charge in [-0.05, 0) is 31.0 Å². The van der Waals surface area contributed by atoms with Gasteiger partial charge in [0.15, 0.2) is 5.65 Å². The Morgan fingerprint density at radius 1 is 1.19 bits per heavy atom. The molecule has 0 bridgehead atoms. The summed E-state index contributed by atoms with van der Waals surface area (Å²) in [5.74, 6) is 1.28. The van der Waals surface area contributed by atoms with Crippen LogP contribution in [0.25, 0.3) is 11.2 Å². The van der Waals surface area contributed by atoms with Crippen LogP contribution in [-0.2, 0) is 25.9 Å². The number of fused-ring (bicyclic) bond motifs is 1. The molecule has 0 aliphatic carbocycles. The van der Waals surface area contributed by atoms with Crippen LogP contribution in [0.5, 0.6) is 0 Å². The van der Waals surface area contributed by atoms with Crippen LogP contribution in [0.2, 0.25) is 5.02 Å². The van der Waals surface area contributed by atoms with Crippen LogP contribution in [0.4, 0.5) is 0 Å². The van der Waals surface area contributed by atoms with E-state index in [-0.39, 0.29) is 0 Å². The van der Waals surface area contributed by atoms with Crippen molar-refractivity contribution in [1.82, 2.24) is 19.3 Å². The molecule has 0 fully saturated rings. The molecule has 110 valence electrons. The highest BCUT2D eigenvalue weighted by Gasteiger charge is 2.16. The summed E-state index contributed by atoms with van der Waals surface area (Å²) in [6.07, 6.45) is 0.900. The van der Waals surface area contributed by atoms with Crippen LogP contribution in [-0.4, -0.2) is 19.3 Å². The first-order valence-corrected chi connectivity index (χ1v) is 7.70. The molecule has 3 aromatic rings. The van der Waals surface area contributed by atoms with Gasteiger partial charge in [-0.25, -0.2) is 4.98 Å². The smallest absolute Gasteiger partial charge is 0.158 e. The molecule has 0 saturated carbocycles. The van der Waals surface area contributed by atoms with Gasteiger partial charge in [-0.1, -0.05) is 23.7 Å². The molecule has 0 aliphatic heterocycles.